The van der Waals surface area contributed by atoms with Crippen LogP contribution in [0.3, 0.4) is 0 Å². The molecule has 0 aliphatic carbocycles. The van der Waals surface area contributed by atoms with Crippen molar-refractivity contribution in [3.63, 3.8) is 0 Å². The van der Waals surface area contributed by atoms with Crippen LogP contribution in [0.2, 0.25) is 5.02 Å². The van der Waals surface area contributed by atoms with Gasteiger partial charge in [0.2, 0.25) is 5.88 Å². The molecule has 0 saturated carbocycles. The highest BCUT2D eigenvalue weighted by molar-refractivity contribution is 6.30. The van der Waals surface area contributed by atoms with Crippen LogP contribution in [0, 0.1) is 0 Å². The second kappa shape index (κ2) is 9.39. The van der Waals surface area contributed by atoms with Gasteiger partial charge < -0.3 is 14.1 Å². The number of hydrogen-bond acceptors (Lipinski definition) is 4. The van der Waals surface area contributed by atoms with Crippen molar-refractivity contribution in [2.24, 2.45) is 0 Å². The molecule has 0 N–H and O–H groups in total. The molecule has 166 valence electrons. The Bertz CT molecular complexity index is 1170. The second-order valence-corrected chi connectivity index (χ2v) is 9.00. The van der Waals surface area contributed by atoms with Gasteiger partial charge in [-0.2, -0.15) is 0 Å². The molecule has 1 unspecified atom stereocenters. The van der Waals surface area contributed by atoms with Gasteiger partial charge in [-0.15, -0.1) is 5.10 Å². The molecule has 5 nitrogen and oxygen atoms in total. The maximum Gasteiger partial charge on any atom is 0.240 e. The summed E-state index contributed by atoms with van der Waals surface area (Å²) < 4.78 is 13.5. The van der Waals surface area contributed by atoms with E-state index in [2.05, 4.69) is 30.0 Å². The van der Waals surface area contributed by atoms with Crippen molar-refractivity contribution in [3.05, 3.63) is 71.6 Å². The fourth-order valence-electron chi connectivity index (χ4n) is 4.51. The summed E-state index contributed by atoms with van der Waals surface area (Å²) in [5, 5.41) is 6.59. The number of ether oxygens (including phenoxy) is 1. The standard InChI is InChI=1S/C26H28ClN3O2/c1-19-4-2-12-29(19)13-3-14-32-26-24-16-21(22-11-15-31-18-22)7-10-25(24)30(28-26)17-20-5-8-23(27)9-6-20/h5-11,15-16,18-19H,2-4,12-14,17H2,1H3. The summed E-state index contributed by atoms with van der Waals surface area (Å²) in [6.07, 6.45) is 7.06. The minimum atomic E-state index is 0.659. The molecule has 6 heteroatoms. The molecule has 4 aromatic rings. The summed E-state index contributed by atoms with van der Waals surface area (Å²) >= 11 is 6.05. The first-order valence-corrected chi connectivity index (χ1v) is 11.7. The van der Waals surface area contributed by atoms with Gasteiger partial charge >= 0.3 is 0 Å². The molecule has 1 saturated heterocycles. The molecule has 0 radical (unpaired) electrons. The highest BCUT2D eigenvalue weighted by Crippen LogP contribution is 2.31. The van der Waals surface area contributed by atoms with Crippen molar-refractivity contribution in [3.8, 4) is 17.0 Å². The number of furan rings is 1. The first kappa shape index (κ1) is 21.1. The smallest absolute Gasteiger partial charge is 0.240 e. The lowest BCUT2D eigenvalue weighted by Gasteiger charge is -2.20. The first-order chi connectivity index (χ1) is 15.7. The predicted molar refractivity (Wildman–Crippen MR) is 128 cm³/mol. The van der Waals surface area contributed by atoms with E-state index in [9.17, 15) is 0 Å². The molecule has 0 bridgehead atoms. The topological polar surface area (TPSA) is 43.4 Å². The Morgan fingerprint density at radius 2 is 2.00 bits per heavy atom. The Kier molecular flexibility index (Phi) is 6.19. The van der Waals surface area contributed by atoms with Gasteiger partial charge in [0.05, 0.1) is 36.6 Å². The molecule has 2 aromatic heterocycles. The summed E-state index contributed by atoms with van der Waals surface area (Å²) in [6.45, 7) is 5.91. The van der Waals surface area contributed by atoms with E-state index in [1.807, 2.05) is 35.0 Å². The van der Waals surface area contributed by atoms with Crippen LogP contribution in [-0.2, 0) is 6.54 Å². The summed E-state index contributed by atoms with van der Waals surface area (Å²) in [6, 6.07) is 16.9. The largest absolute Gasteiger partial charge is 0.476 e. The number of aromatic nitrogens is 2. The molecule has 1 atom stereocenters. The third-order valence-corrected chi connectivity index (χ3v) is 6.59. The molecular formula is C26H28ClN3O2. The zero-order chi connectivity index (χ0) is 21.9. The maximum absolute atomic E-state index is 6.22. The van der Waals surface area contributed by atoms with Crippen molar-refractivity contribution >= 4 is 22.5 Å². The van der Waals surface area contributed by atoms with Crippen LogP contribution >= 0.6 is 11.6 Å². The number of rotatable bonds is 8. The van der Waals surface area contributed by atoms with E-state index >= 15 is 0 Å². The Morgan fingerprint density at radius 3 is 2.75 bits per heavy atom. The van der Waals surface area contributed by atoms with Crippen molar-refractivity contribution in [1.82, 2.24) is 14.7 Å². The summed E-state index contributed by atoms with van der Waals surface area (Å²) in [4.78, 5) is 2.55. The number of benzene rings is 2. The Hall–Kier alpha value is -2.76. The van der Waals surface area contributed by atoms with E-state index in [0.717, 1.165) is 45.6 Å². The lowest BCUT2D eigenvalue weighted by molar-refractivity contribution is 0.227. The van der Waals surface area contributed by atoms with E-state index in [-0.39, 0.29) is 0 Å². The molecule has 3 heterocycles. The van der Waals surface area contributed by atoms with E-state index in [4.69, 9.17) is 25.9 Å². The minimum Gasteiger partial charge on any atom is -0.476 e. The molecular weight excluding hydrogens is 422 g/mol. The van der Waals surface area contributed by atoms with Crippen molar-refractivity contribution in [1.29, 1.82) is 0 Å². The number of nitrogens with zero attached hydrogens (tertiary/aromatic N) is 3. The number of hydrogen-bond donors (Lipinski definition) is 0. The molecule has 1 aliphatic heterocycles. The fourth-order valence-corrected chi connectivity index (χ4v) is 4.64. The summed E-state index contributed by atoms with van der Waals surface area (Å²) in [5.41, 5.74) is 4.34. The SMILES string of the molecule is CC1CCCN1CCCOc1nn(Cc2ccc(Cl)cc2)c2ccc(-c3ccoc3)cc12. The van der Waals surface area contributed by atoms with Crippen LogP contribution in [0.15, 0.2) is 65.5 Å². The van der Waals surface area contributed by atoms with Crippen molar-refractivity contribution in [2.45, 2.75) is 38.8 Å². The second-order valence-electron chi connectivity index (χ2n) is 8.56. The van der Waals surface area contributed by atoms with Crippen molar-refractivity contribution < 1.29 is 9.15 Å². The van der Waals surface area contributed by atoms with E-state index in [1.54, 1.807) is 12.5 Å². The highest BCUT2D eigenvalue weighted by atomic mass is 35.5. The lowest BCUT2D eigenvalue weighted by atomic mass is 10.1. The number of halogens is 1. The van der Waals surface area contributed by atoms with Crippen LogP contribution in [0.1, 0.15) is 31.7 Å². The monoisotopic (exact) mass is 449 g/mol. The minimum absolute atomic E-state index is 0.659. The normalized spacial score (nSPS) is 16.8. The number of fused-ring (bicyclic) bond motifs is 1. The van der Waals surface area contributed by atoms with Gasteiger partial charge in [-0.25, -0.2) is 0 Å². The van der Waals surface area contributed by atoms with Gasteiger partial charge in [0.1, 0.15) is 0 Å². The lowest BCUT2D eigenvalue weighted by Crippen LogP contribution is -2.28. The maximum atomic E-state index is 6.22. The van der Waals surface area contributed by atoms with E-state index in [1.165, 1.54) is 19.4 Å². The van der Waals surface area contributed by atoms with Gasteiger partial charge in [-0.1, -0.05) is 29.8 Å². The predicted octanol–water partition coefficient (Wildman–Crippen LogP) is 6.25. The van der Waals surface area contributed by atoms with Crippen LogP contribution in [0.5, 0.6) is 5.88 Å². The van der Waals surface area contributed by atoms with Gasteiger partial charge in [-0.3, -0.25) is 4.68 Å². The van der Waals surface area contributed by atoms with Crippen LogP contribution < -0.4 is 4.74 Å². The zero-order valence-electron chi connectivity index (χ0n) is 18.3. The fraction of sp³-hybridized carbons (Fsp3) is 0.346. The van der Waals surface area contributed by atoms with Crippen molar-refractivity contribution in [2.75, 3.05) is 19.7 Å². The van der Waals surface area contributed by atoms with Gasteiger partial charge in [0.25, 0.3) is 0 Å². The first-order valence-electron chi connectivity index (χ1n) is 11.3. The van der Waals surface area contributed by atoms with Crippen LogP contribution in [-0.4, -0.2) is 40.4 Å². The van der Waals surface area contributed by atoms with E-state index < -0.39 is 0 Å². The average Bonchev–Trinajstić information content (AvgIpc) is 3.54. The number of likely N-dealkylation sites (tertiary alicyclic amines) is 1. The van der Waals surface area contributed by atoms with E-state index in [0.29, 0.717) is 25.1 Å². The van der Waals surface area contributed by atoms with Gasteiger partial charge in [0.15, 0.2) is 0 Å². The van der Waals surface area contributed by atoms with Gasteiger partial charge in [0, 0.05) is 23.2 Å². The Balaban J connectivity index is 1.38. The molecule has 32 heavy (non-hydrogen) atoms. The summed E-state index contributed by atoms with van der Waals surface area (Å²) in [7, 11) is 0. The third-order valence-electron chi connectivity index (χ3n) is 6.34. The van der Waals surface area contributed by atoms with Crippen LogP contribution in [0.25, 0.3) is 22.0 Å². The summed E-state index contributed by atoms with van der Waals surface area (Å²) in [5.74, 6) is 0.689. The molecule has 1 aliphatic rings. The molecule has 1 fully saturated rings. The van der Waals surface area contributed by atoms with Crippen LogP contribution in [0.4, 0.5) is 0 Å². The highest BCUT2D eigenvalue weighted by Gasteiger charge is 2.19. The zero-order valence-corrected chi connectivity index (χ0v) is 19.1. The molecule has 0 spiro atoms. The molecule has 0 amide bonds. The molecule has 2 aromatic carbocycles. The average molecular weight is 450 g/mol. The Morgan fingerprint density at radius 1 is 1.12 bits per heavy atom. The molecule has 5 rings (SSSR count). The Labute approximate surface area is 193 Å². The van der Waals surface area contributed by atoms with Gasteiger partial charge in [-0.05, 0) is 74.2 Å². The third kappa shape index (κ3) is 4.54. The quantitative estimate of drug-likeness (QED) is 0.298.